The van der Waals surface area contributed by atoms with Crippen molar-refractivity contribution in [1.29, 1.82) is 0 Å². The van der Waals surface area contributed by atoms with Crippen LogP contribution in [0.2, 0.25) is 0 Å². The molecule has 1 atom stereocenters. The van der Waals surface area contributed by atoms with Gasteiger partial charge in [-0.25, -0.2) is 4.79 Å². The van der Waals surface area contributed by atoms with Crippen LogP contribution in [0.5, 0.6) is 0 Å². The van der Waals surface area contributed by atoms with Crippen molar-refractivity contribution >= 4 is 0 Å². The molecule has 100 valence electrons. The zero-order valence-electron chi connectivity index (χ0n) is 10.2. The normalized spacial score (nSPS) is 12.3. The number of nitrogens with one attached hydrogen (secondary N) is 1. The maximum Gasteiger partial charge on any atom is 0.330 e. The number of ether oxygens (including phenoxy) is 1. The van der Waals surface area contributed by atoms with E-state index in [4.69, 9.17) is 4.74 Å². The second kappa shape index (κ2) is 6.12. The Labute approximate surface area is 108 Å². The molecule has 2 rings (SSSR count). The summed E-state index contributed by atoms with van der Waals surface area (Å²) in [6.07, 6.45) is 0.834. The van der Waals surface area contributed by atoms with Crippen LogP contribution in [-0.4, -0.2) is 21.3 Å². The van der Waals surface area contributed by atoms with E-state index in [-0.39, 0.29) is 13.3 Å². The van der Waals surface area contributed by atoms with Crippen LogP contribution in [0.1, 0.15) is 11.7 Å². The van der Waals surface area contributed by atoms with Crippen LogP contribution < -0.4 is 11.2 Å². The van der Waals surface area contributed by atoms with Crippen LogP contribution in [0.25, 0.3) is 0 Å². The number of rotatable bonds is 5. The number of aromatic amines is 1. The summed E-state index contributed by atoms with van der Waals surface area (Å²) in [5.41, 5.74) is -0.178. The average Bonchev–Trinajstić information content (AvgIpc) is 2.43. The summed E-state index contributed by atoms with van der Waals surface area (Å²) in [5.74, 6) is 0. The maximum atomic E-state index is 11.4. The molecule has 0 aliphatic heterocycles. The molecule has 0 aliphatic rings. The highest BCUT2D eigenvalue weighted by atomic mass is 16.5. The minimum atomic E-state index is -0.544. The number of aliphatic hydroxyl groups excluding tert-OH is 1. The molecular formula is C13H14N2O4. The van der Waals surface area contributed by atoms with Crippen molar-refractivity contribution < 1.29 is 9.84 Å². The summed E-state index contributed by atoms with van der Waals surface area (Å²) in [4.78, 5) is 24.5. The van der Waals surface area contributed by atoms with Crippen molar-refractivity contribution in [3.63, 3.8) is 0 Å². The van der Waals surface area contributed by atoms with E-state index in [9.17, 15) is 14.7 Å². The summed E-state index contributed by atoms with van der Waals surface area (Å²) >= 11 is 0. The molecule has 0 aliphatic carbocycles. The Balaban J connectivity index is 2.08. The van der Waals surface area contributed by atoms with E-state index in [1.807, 2.05) is 30.3 Å². The fourth-order valence-corrected chi connectivity index (χ4v) is 1.64. The molecule has 1 heterocycles. The lowest BCUT2D eigenvalue weighted by molar-refractivity contribution is -0.0272. The summed E-state index contributed by atoms with van der Waals surface area (Å²) in [6, 6.07) is 10.4. The predicted molar refractivity (Wildman–Crippen MR) is 68.7 cm³/mol. The van der Waals surface area contributed by atoms with Gasteiger partial charge in [0.05, 0.1) is 6.61 Å². The molecule has 1 aromatic heterocycles. The highest BCUT2D eigenvalue weighted by Gasteiger charge is 2.10. The van der Waals surface area contributed by atoms with E-state index >= 15 is 0 Å². The van der Waals surface area contributed by atoms with E-state index in [0.717, 1.165) is 5.56 Å². The van der Waals surface area contributed by atoms with Gasteiger partial charge >= 0.3 is 5.69 Å². The summed E-state index contributed by atoms with van der Waals surface area (Å²) in [7, 11) is 0. The lowest BCUT2D eigenvalue weighted by Crippen LogP contribution is -2.30. The van der Waals surface area contributed by atoms with Gasteiger partial charge in [0.15, 0.2) is 0 Å². The van der Waals surface area contributed by atoms with Gasteiger partial charge in [-0.2, -0.15) is 0 Å². The number of benzene rings is 1. The molecule has 0 spiro atoms. The van der Waals surface area contributed by atoms with Crippen LogP contribution in [0.4, 0.5) is 0 Å². The van der Waals surface area contributed by atoms with Gasteiger partial charge in [0.2, 0.25) is 0 Å². The van der Waals surface area contributed by atoms with Crippen molar-refractivity contribution in [2.45, 2.75) is 12.8 Å². The lowest BCUT2D eigenvalue weighted by Gasteiger charge is -2.16. The Bertz CT molecular complexity index is 633. The maximum absolute atomic E-state index is 11.4. The van der Waals surface area contributed by atoms with Crippen molar-refractivity contribution in [3.8, 4) is 0 Å². The fourth-order valence-electron chi connectivity index (χ4n) is 1.64. The van der Waals surface area contributed by atoms with E-state index in [1.165, 1.54) is 16.8 Å². The average molecular weight is 262 g/mol. The number of nitrogens with zero attached hydrogens (tertiary/aromatic N) is 1. The zero-order chi connectivity index (χ0) is 13.7. The van der Waals surface area contributed by atoms with Crippen LogP contribution in [0, 0.1) is 0 Å². The SMILES string of the molecule is O=c1ccn(CO[C@H](CO)c2ccccc2)c(=O)[nH]1. The molecule has 0 fully saturated rings. The van der Waals surface area contributed by atoms with Gasteiger partial charge in [-0.1, -0.05) is 30.3 Å². The van der Waals surface area contributed by atoms with Crippen molar-refractivity contribution in [3.05, 3.63) is 69.0 Å². The van der Waals surface area contributed by atoms with E-state index in [1.54, 1.807) is 0 Å². The van der Waals surface area contributed by atoms with Gasteiger partial charge in [-0.05, 0) is 5.56 Å². The van der Waals surface area contributed by atoms with Crippen LogP contribution in [0.3, 0.4) is 0 Å². The first kappa shape index (κ1) is 13.3. The Morgan fingerprint density at radius 2 is 1.95 bits per heavy atom. The minimum Gasteiger partial charge on any atom is -0.393 e. The second-order valence-electron chi connectivity index (χ2n) is 3.96. The Morgan fingerprint density at radius 1 is 1.21 bits per heavy atom. The highest BCUT2D eigenvalue weighted by molar-refractivity contribution is 5.17. The zero-order valence-corrected chi connectivity index (χ0v) is 10.2. The third-order valence-electron chi connectivity index (χ3n) is 2.65. The number of aromatic nitrogens is 2. The molecule has 2 aromatic rings. The van der Waals surface area contributed by atoms with Gasteiger partial charge in [0, 0.05) is 12.3 Å². The molecule has 1 aromatic carbocycles. The first-order valence-electron chi connectivity index (χ1n) is 5.78. The largest absolute Gasteiger partial charge is 0.393 e. The molecule has 0 saturated carbocycles. The van der Waals surface area contributed by atoms with Crippen molar-refractivity contribution in [2.24, 2.45) is 0 Å². The fraction of sp³-hybridized carbons (Fsp3) is 0.231. The first-order chi connectivity index (χ1) is 9.20. The van der Waals surface area contributed by atoms with Gasteiger partial charge in [0.1, 0.15) is 12.8 Å². The lowest BCUT2D eigenvalue weighted by atomic mass is 10.1. The molecule has 0 amide bonds. The number of hydrogen-bond donors (Lipinski definition) is 2. The van der Waals surface area contributed by atoms with Gasteiger partial charge in [-0.15, -0.1) is 0 Å². The third kappa shape index (κ3) is 3.40. The minimum absolute atomic E-state index is 0.0459. The summed E-state index contributed by atoms with van der Waals surface area (Å²) < 4.78 is 6.69. The Morgan fingerprint density at radius 3 is 2.58 bits per heavy atom. The predicted octanol–water partition coefficient (Wildman–Crippen LogP) is 0.244. The Hall–Kier alpha value is -2.18. The second-order valence-corrected chi connectivity index (χ2v) is 3.96. The smallest absolute Gasteiger partial charge is 0.330 e. The monoisotopic (exact) mass is 262 g/mol. The van der Waals surface area contributed by atoms with Crippen molar-refractivity contribution in [2.75, 3.05) is 6.61 Å². The van der Waals surface area contributed by atoms with E-state index in [0.29, 0.717) is 0 Å². The van der Waals surface area contributed by atoms with Crippen LogP contribution >= 0.6 is 0 Å². The third-order valence-corrected chi connectivity index (χ3v) is 2.65. The quantitative estimate of drug-likeness (QED) is 0.808. The first-order valence-corrected chi connectivity index (χ1v) is 5.78. The topological polar surface area (TPSA) is 84.3 Å². The molecule has 19 heavy (non-hydrogen) atoms. The highest BCUT2D eigenvalue weighted by Crippen LogP contribution is 2.16. The molecular weight excluding hydrogens is 248 g/mol. The van der Waals surface area contributed by atoms with E-state index in [2.05, 4.69) is 4.98 Å². The molecule has 0 unspecified atom stereocenters. The van der Waals surface area contributed by atoms with Gasteiger partial charge < -0.3 is 9.84 Å². The number of H-pyrrole nitrogens is 1. The molecule has 6 nitrogen and oxygen atoms in total. The molecule has 6 heteroatoms. The van der Waals surface area contributed by atoms with Crippen molar-refractivity contribution in [1.82, 2.24) is 9.55 Å². The van der Waals surface area contributed by atoms with E-state index < -0.39 is 17.4 Å². The van der Waals surface area contributed by atoms with Gasteiger partial charge in [-0.3, -0.25) is 14.3 Å². The molecule has 0 radical (unpaired) electrons. The molecule has 2 N–H and O–H groups in total. The summed E-state index contributed by atoms with van der Waals surface area (Å²) in [5, 5.41) is 9.30. The van der Waals surface area contributed by atoms with Crippen LogP contribution in [-0.2, 0) is 11.5 Å². The number of hydrogen-bond acceptors (Lipinski definition) is 4. The number of aliphatic hydroxyl groups is 1. The standard InChI is InChI=1S/C13H14N2O4/c16-8-11(10-4-2-1-3-5-10)19-9-15-7-6-12(17)14-13(15)18/h1-7,11,16H,8-9H2,(H,14,17,18)/t11-/m1/s1. The van der Waals surface area contributed by atoms with Crippen LogP contribution in [0.15, 0.2) is 52.2 Å². The molecule has 0 bridgehead atoms. The Kier molecular flexibility index (Phi) is 4.27. The molecule has 0 saturated heterocycles. The summed E-state index contributed by atoms with van der Waals surface area (Å²) in [6.45, 7) is -0.238. The van der Waals surface area contributed by atoms with Gasteiger partial charge in [0.25, 0.3) is 5.56 Å².